The molecule has 0 aromatic heterocycles. The molecule has 2 rings (SSSR count). The van der Waals surface area contributed by atoms with Crippen LogP contribution in [0.2, 0.25) is 0 Å². The molecule has 0 saturated carbocycles. The average molecular weight is 183 g/mol. The largest absolute Gasteiger partial charge is 0.307 e. The van der Waals surface area contributed by atoms with Crippen LogP contribution >= 0.6 is 0 Å². The third-order valence-corrected chi connectivity index (χ3v) is 2.39. The van der Waals surface area contributed by atoms with Crippen molar-refractivity contribution < 1.29 is 8.78 Å². The molecule has 0 amide bonds. The Bertz CT molecular complexity index is 301. The number of halogens is 2. The Kier molecular flexibility index (Phi) is 2.27. The van der Waals surface area contributed by atoms with Crippen LogP contribution in [-0.4, -0.2) is 12.7 Å². The second-order valence-corrected chi connectivity index (χ2v) is 3.26. The maximum Gasteiger partial charge on any atom is 0.128 e. The topological polar surface area (TPSA) is 12.0 Å². The van der Waals surface area contributed by atoms with Gasteiger partial charge in [0.05, 0.1) is 6.04 Å². The third-order valence-electron chi connectivity index (χ3n) is 2.39. The highest BCUT2D eigenvalue weighted by atomic mass is 19.1. The van der Waals surface area contributed by atoms with Crippen molar-refractivity contribution in [1.29, 1.82) is 0 Å². The quantitative estimate of drug-likeness (QED) is 0.703. The maximum absolute atomic E-state index is 13.2. The van der Waals surface area contributed by atoms with Crippen molar-refractivity contribution in [2.24, 2.45) is 0 Å². The van der Waals surface area contributed by atoms with Gasteiger partial charge in [0.2, 0.25) is 0 Å². The minimum Gasteiger partial charge on any atom is -0.307 e. The molecule has 2 unspecified atom stereocenters. The molecule has 13 heavy (non-hydrogen) atoms. The summed E-state index contributed by atoms with van der Waals surface area (Å²) in [6, 6.07) is 5.88. The molecule has 1 heterocycles. The summed E-state index contributed by atoms with van der Waals surface area (Å²) >= 11 is 0. The monoisotopic (exact) mass is 183 g/mol. The summed E-state index contributed by atoms with van der Waals surface area (Å²) in [5.74, 6) is -0.329. The van der Waals surface area contributed by atoms with Gasteiger partial charge in [-0.3, -0.25) is 0 Å². The second-order valence-electron chi connectivity index (χ2n) is 3.26. The summed E-state index contributed by atoms with van der Waals surface area (Å²) in [5, 5.41) is 2.95. The molecular weight excluding hydrogens is 172 g/mol. The van der Waals surface area contributed by atoms with E-state index in [0.717, 1.165) is 0 Å². The average Bonchev–Trinajstić information content (AvgIpc) is 2.52. The summed E-state index contributed by atoms with van der Waals surface area (Å²) in [4.78, 5) is 0. The van der Waals surface area contributed by atoms with Crippen molar-refractivity contribution in [2.45, 2.75) is 18.6 Å². The van der Waals surface area contributed by atoms with Crippen LogP contribution in [0.3, 0.4) is 0 Å². The fourth-order valence-electron chi connectivity index (χ4n) is 1.70. The maximum atomic E-state index is 13.2. The van der Waals surface area contributed by atoms with E-state index in [2.05, 4.69) is 5.32 Å². The zero-order valence-corrected chi connectivity index (χ0v) is 7.13. The molecule has 70 valence electrons. The number of hydrogen-bond donors (Lipinski definition) is 1. The molecule has 3 heteroatoms. The van der Waals surface area contributed by atoms with Gasteiger partial charge in [0.25, 0.3) is 0 Å². The Labute approximate surface area is 75.8 Å². The van der Waals surface area contributed by atoms with E-state index in [-0.39, 0.29) is 5.82 Å². The second kappa shape index (κ2) is 3.42. The van der Waals surface area contributed by atoms with E-state index < -0.39 is 12.2 Å². The predicted molar refractivity (Wildman–Crippen MR) is 46.7 cm³/mol. The van der Waals surface area contributed by atoms with E-state index in [1.54, 1.807) is 18.2 Å². The fourth-order valence-corrected chi connectivity index (χ4v) is 1.70. The van der Waals surface area contributed by atoms with Crippen molar-refractivity contribution in [1.82, 2.24) is 5.32 Å². The number of rotatable bonds is 1. The van der Waals surface area contributed by atoms with Gasteiger partial charge in [-0.05, 0) is 19.0 Å². The minimum absolute atomic E-state index is 0.329. The van der Waals surface area contributed by atoms with Crippen LogP contribution in [0.4, 0.5) is 8.78 Å². The number of benzene rings is 1. The highest BCUT2D eigenvalue weighted by molar-refractivity contribution is 5.23. The molecule has 1 aromatic rings. The first kappa shape index (κ1) is 8.63. The van der Waals surface area contributed by atoms with Gasteiger partial charge in [0.1, 0.15) is 12.0 Å². The fraction of sp³-hybridized carbons (Fsp3) is 0.400. The molecule has 1 nitrogen and oxygen atoms in total. The Morgan fingerprint density at radius 3 is 2.69 bits per heavy atom. The van der Waals surface area contributed by atoms with Gasteiger partial charge in [0, 0.05) is 5.56 Å². The lowest BCUT2D eigenvalue weighted by atomic mass is 10.0. The third kappa shape index (κ3) is 1.56. The molecule has 1 aromatic carbocycles. The van der Waals surface area contributed by atoms with Gasteiger partial charge in [-0.1, -0.05) is 18.2 Å². The van der Waals surface area contributed by atoms with Crippen LogP contribution in [0.1, 0.15) is 18.0 Å². The van der Waals surface area contributed by atoms with Crippen LogP contribution in [0.5, 0.6) is 0 Å². The van der Waals surface area contributed by atoms with Crippen molar-refractivity contribution >= 4 is 0 Å². The van der Waals surface area contributed by atoms with Crippen molar-refractivity contribution in [2.75, 3.05) is 6.54 Å². The number of alkyl halides is 1. The van der Waals surface area contributed by atoms with Crippen LogP contribution in [0.15, 0.2) is 24.3 Å². The van der Waals surface area contributed by atoms with E-state index in [0.29, 0.717) is 18.5 Å². The van der Waals surface area contributed by atoms with Gasteiger partial charge < -0.3 is 5.32 Å². The summed E-state index contributed by atoms with van der Waals surface area (Å²) in [5.41, 5.74) is 0.438. The SMILES string of the molecule is Fc1ccccc1C1NCCC1F. The predicted octanol–water partition coefficient (Wildman–Crippen LogP) is 2.20. The number of nitrogens with one attached hydrogen (secondary N) is 1. The van der Waals surface area contributed by atoms with Crippen molar-refractivity contribution in [3.63, 3.8) is 0 Å². The molecule has 1 N–H and O–H groups in total. The molecule has 1 aliphatic heterocycles. The zero-order chi connectivity index (χ0) is 9.26. The van der Waals surface area contributed by atoms with E-state index in [1.807, 2.05) is 0 Å². The molecule has 1 aliphatic rings. The van der Waals surface area contributed by atoms with Crippen molar-refractivity contribution in [3.8, 4) is 0 Å². The lowest BCUT2D eigenvalue weighted by molar-refractivity contribution is 0.300. The highest BCUT2D eigenvalue weighted by Gasteiger charge is 2.29. The summed E-state index contributed by atoms with van der Waals surface area (Å²) in [7, 11) is 0. The number of hydrogen-bond acceptors (Lipinski definition) is 1. The van der Waals surface area contributed by atoms with Crippen LogP contribution in [0.25, 0.3) is 0 Å². The molecule has 0 aliphatic carbocycles. The van der Waals surface area contributed by atoms with Gasteiger partial charge in [0.15, 0.2) is 0 Å². The van der Waals surface area contributed by atoms with Gasteiger partial charge in [-0.25, -0.2) is 8.78 Å². The Morgan fingerprint density at radius 1 is 1.31 bits per heavy atom. The first-order valence-electron chi connectivity index (χ1n) is 4.41. The lowest BCUT2D eigenvalue weighted by Gasteiger charge is -2.13. The standard InChI is InChI=1S/C10H11F2N/c11-8-4-2-1-3-7(8)10-9(12)5-6-13-10/h1-4,9-10,13H,5-6H2. The summed E-state index contributed by atoms with van der Waals surface area (Å²) < 4.78 is 26.4. The van der Waals surface area contributed by atoms with E-state index >= 15 is 0 Å². The molecule has 0 spiro atoms. The highest BCUT2D eigenvalue weighted by Crippen LogP contribution is 2.27. The van der Waals surface area contributed by atoms with Gasteiger partial charge in [-0.2, -0.15) is 0 Å². The molecule has 1 saturated heterocycles. The Morgan fingerprint density at radius 2 is 2.08 bits per heavy atom. The van der Waals surface area contributed by atoms with Crippen LogP contribution in [-0.2, 0) is 0 Å². The zero-order valence-electron chi connectivity index (χ0n) is 7.13. The lowest BCUT2D eigenvalue weighted by Crippen LogP contribution is -2.19. The summed E-state index contributed by atoms with van der Waals surface area (Å²) in [6.07, 6.45) is -0.490. The smallest absolute Gasteiger partial charge is 0.128 e. The first-order chi connectivity index (χ1) is 6.29. The Balaban J connectivity index is 2.29. The summed E-state index contributed by atoms with van der Waals surface area (Å²) in [6.45, 7) is 0.625. The van der Waals surface area contributed by atoms with E-state index in [1.165, 1.54) is 6.07 Å². The Hall–Kier alpha value is -0.960. The molecule has 0 radical (unpaired) electrons. The van der Waals surface area contributed by atoms with Gasteiger partial charge in [-0.15, -0.1) is 0 Å². The van der Waals surface area contributed by atoms with Crippen molar-refractivity contribution in [3.05, 3.63) is 35.6 Å². The first-order valence-corrected chi connectivity index (χ1v) is 4.41. The van der Waals surface area contributed by atoms with Crippen LogP contribution in [0, 0.1) is 5.82 Å². The molecule has 0 bridgehead atoms. The molecule has 1 fully saturated rings. The normalized spacial score (nSPS) is 27.8. The minimum atomic E-state index is -0.961. The molecular formula is C10H11F2N. The molecule has 2 atom stereocenters. The van der Waals surface area contributed by atoms with E-state index in [4.69, 9.17) is 0 Å². The van der Waals surface area contributed by atoms with E-state index in [9.17, 15) is 8.78 Å². The van der Waals surface area contributed by atoms with Gasteiger partial charge >= 0.3 is 0 Å². The van der Waals surface area contributed by atoms with Crippen LogP contribution < -0.4 is 5.32 Å².